The van der Waals surface area contributed by atoms with Gasteiger partial charge in [0, 0.05) is 18.6 Å². The Labute approximate surface area is 119 Å². The number of nitrogens with one attached hydrogen (secondary N) is 1. The maximum absolute atomic E-state index is 14.4. The van der Waals surface area contributed by atoms with Gasteiger partial charge in [0.25, 0.3) is 0 Å². The van der Waals surface area contributed by atoms with E-state index in [2.05, 4.69) is 17.1 Å². The van der Waals surface area contributed by atoms with Crippen LogP contribution in [0.4, 0.5) is 10.1 Å². The number of piperidine rings is 1. The number of fused-ring (bicyclic) bond motifs is 2. The standard InChI is InChI=1S/C16H23FN2O/c1-2-18-10-11-4-3-5-15(17)16(11)19-12-6-7-13(19)9-14(20)8-12/h3-5,12-14,18,20H,2,6-10H2,1H3. The molecule has 1 aromatic carbocycles. The van der Waals surface area contributed by atoms with Gasteiger partial charge in [-0.15, -0.1) is 0 Å². The summed E-state index contributed by atoms with van der Waals surface area (Å²) in [6.45, 7) is 3.63. The van der Waals surface area contributed by atoms with Gasteiger partial charge in [-0.2, -0.15) is 0 Å². The van der Waals surface area contributed by atoms with Gasteiger partial charge in [0.1, 0.15) is 5.82 Å². The van der Waals surface area contributed by atoms with Crippen LogP contribution >= 0.6 is 0 Å². The largest absolute Gasteiger partial charge is 0.393 e. The predicted molar refractivity (Wildman–Crippen MR) is 78.3 cm³/mol. The Balaban J connectivity index is 1.93. The van der Waals surface area contributed by atoms with Crippen molar-refractivity contribution in [2.24, 2.45) is 0 Å². The molecule has 0 spiro atoms. The van der Waals surface area contributed by atoms with Crippen molar-refractivity contribution in [1.82, 2.24) is 5.32 Å². The molecule has 20 heavy (non-hydrogen) atoms. The first-order valence-electron chi connectivity index (χ1n) is 7.65. The van der Waals surface area contributed by atoms with E-state index in [0.29, 0.717) is 18.6 Å². The van der Waals surface area contributed by atoms with Gasteiger partial charge >= 0.3 is 0 Å². The number of hydrogen-bond donors (Lipinski definition) is 2. The Morgan fingerprint density at radius 2 is 2.00 bits per heavy atom. The Bertz CT molecular complexity index is 466. The zero-order valence-corrected chi connectivity index (χ0v) is 12.0. The van der Waals surface area contributed by atoms with Crippen LogP contribution in [0.3, 0.4) is 0 Å². The maximum Gasteiger partial charge on any atom is 0.146 e. The molecule has 1 aromatic rings. The number of nitrogens with zero attached hydrogens (tertiary/aromatic N) is 1. The van der Waals surface area contributed by atoms with Crippen molar-refractivity contribution >= 4 is 5.69 Å². The van der Waals surface area contributed by atoms with Crippen LogP contribution in [0.5, 0.6) is 0 Å². The van der Waals surface area contributed by atoms with E-state index in [-0.39, 0.29) is 11.9 Å². The maximum atomic E-state index is 14.4. The monoisotopic (exact) mass is 278 g/mol. The highest BCUT2D eigenvalue weighted by Gasteiger charge is 2.41. The molecular formula is C16H23FN2O. The Hall–Kier alpha value is -1.13. The van der Waals surface area contributed by atoms with Crippen LogP contribution in [-0.4, -0.2) is 29.8 Å². The lowest BCUT2D eigenvalue weighted by Crippen LogP contribution is -2.45. The molecule has 0 aliphatic carbocycles. The van der Waals surface area contributed by atoms with Crippen LogP contribution < -0.4 is 10.2 Å². The molecule has 2 atom stereocenters. The molecule has 2 aliphatic heterocycles. The lowest BCUT2D eigenvalue weighted by atomic mass is 9.97. The van der Waals surface area contributed by atoms with Gasteiger partial charge in [0.05, 0.1) is 11.8 Å². The second-order valence-electron chi connectivity index (χ2n) is 5.95. The summed E-state index contributed by atoms with van der Waals surface area (Å²) in [7, 11) is 0. The molecular weight excluding hydrogens is 255 g/mol. The minimum absolute atomic E-state index is 0.131. The number of para-hydroxylation sites is 1. The summed E-state index contributed by atoms with van der Waals surface area (Å²) in [5.74, 6) is -0.131. The Morgan fingerprint density at radius 3 is 2.65 bits per heavy atom. The second kappa shape index (κ2) is 5.70. The number of halogens is 1. The fourth-order valence-corrected chi connectivity index (χ4v) is 3.76. The lowest BCUT2D eigenvalue weighted by Gasteiger charge is -2.40. The normalized spacial score (nSPS) is 28.9. The lowest BCUT2D eigenvalue weighted by molar-refractivity contribution is 0.126. The van der Waals surface area contributed by atoms with Crippen molar-refractivity contribution < 1.29 is 9.50 Å². The van der Waals surface area contributed by atoms with E-state index in [1.807, 2.05) is 6.07 Å². The molecule has 2 fully saturated rings. The first-order chi connectivity index (χ1) is 9.70. The van der Waals surface area contributed by atoms with Crippen LogP contribution in [0.25, 0.3) is 0 Å². The van der Waals surface area contributed by atoms with E-state index < -0.39 is 0 Å². The first kappa shape index (κ1) is 13.8. The van der Waals surface area contributed by atoms with Gasteiger partial charge in [-0.3, -0.25) is 0 Å². The molecule has 110 valence electrons. The quantitative estimate of drug-likeness (QED) is 0.888. The van der Waals surface area contributed by atoms with E-state index >= 15 is 0 Å². The van der Waals surface area contributed by atoms with E-state index in [9.17, 15) is 9.50 Å². The predicted octanol–water partition coefficient (Wildman–Crippen LogP) is 2.43. The Kier molecular flexibility index (Phi) is 3.94. The summed E-state index contributed by atoms with van der Waals surface area (Å²) < 4.78 is 14.4. The third kappa shape index (κ3) is 2.42. The number of anilines is 1. The molecule has 2 bridgehead atoms. The number of aliphatic hydroxyl groups is 1. The van der Waals surface area contributed by atoms with Crippen molar-refractivity contribution in [2.45, 2.75) is 57.3 Å². The molecule has 4 heteroatoms. The van der Waals surface area contributed by atoms with Gasteiger partial charge in [0.2, 0.25) is 0 Å². The molecule has 0 aromatic heterocycles. The van der Waals surface area contributed by atoms with Crippen molar-refractivity contribution in [3.63, 3.8) is 0 Å². The average Bonchev–Trinajstić information content (AvgIpc) is 2.68. The first-order valence-corrected chi connectivity index (χ1v) is 7.65. The van der Waals surface area contributed by atoms with Gasteiger partial charge in [-0.25, -0.2) is 4.39 Å². The van der Waals surface area contributed by atoms with Crippen molar-refractivity contribution in [1.29, 1.82) is 0 Å². The molecule has 2 aliphatic rings. The molecule has 2 unspecified atom stereocenters. The zero-order chi connectivity index (χ0) is 14.1. The summed E-state index contributed by atoms with van der Waals surface area (Å²) in [5, 5.41) is 13.2. The number of rotatable bonds is 4. The zero-order valence-electron chi connectivity index (χ0n) is 12.0. The van der Waals surface area contributed by atoms with Crippen LogP contribution in [0.2, 0.25) is 0 Å². The third-order valence-corrected chi connectivity index (χ3v) is 4.60. The molecule has 3 rings (SSSR count). The van der Waals surface area contributed by atoms with Crippen molar-refractivity contribution in [2.75, 3.05) is 11.4 Å². The second-order valence-corrected chi connectivity index (χ2v) is 5.95. The minimum atomic E-state index is -0.215. The molecule has 0 radical (unpaired) electrons. The van der Waals surface area contributed by atoms with Crippen molar-refractivity contribution in [3.8, 4) is 0 Å². The van der Waals surface area contributed by atoms with E-state index in [1.54, 1.807) is 12.1 Å². The fourth-order valence-electron chi connectivity index (χ4n) is 3.76. The molecule has 2 heterocycles. The number of hydrogen-bond acceptors (Lipinski definition) is 3. The van der Waals surface area contributed by atoms with Crippen LogP contribution in [-0.2, 0) is 6.54 Å². The summed E-state index contributed by atoms with van der Waals surface area (Å²) in [5.41, 5.74) is 1.79. The summed E-state index contributed by atoms with van der Waals surface area (Å²) in [6, 6.07) is 5.93. The molecule has 2 saturated heterocycles. The van der Waals surface area contributed by atoms with Gasteiger partial charge < -0.3 is 15.3 Å². The minimum Gasteiger partial charge on any atom is -0.393 e. The topological polar surface area (TPSA) is 35.5 Å². The highest BCUT2D eigenvalue weighted by Crippen LogP contribution is 2.41. The summed E-state index contributed by atoms with van der Waals surface area (Å²) in [4.78, 5) is 2.24. The van der Waals surface area contributed by atoms with E-state index in [0.717, 1.165) is 43.5 Å². The van der Waals surface area contributed by atoms with Crippen LogP contribution in [0.15, 0.2) is 18.2 Å². The Morgan fingerprint density at radius 1 is 1.30 bits per heavy atom. The van der Waals surface area contributed by atoms with Gasteiger partial charge in [-0.1, -0.05) is 19.1 Å². The van der Waals surface area contributed by atoms with Crippen LogP contribution in [0, 0.1) is 5.82 Å². The molecule has 2 N–H and O–H groups in total. The third-order valence-electron chi connectivity index (χ3n) is 4.60. The van der Waals surface area contributed by atoms with E-state index in [4.69, 9.17) is 0 Å². The average molecular weight is 278 g/mol. The number of aliphatic hydroxyl groups excluding tert-OH is 1. The molecule has 3 nitrogen and oxygen atoms in total. The number of benzene rings is 1. The molecule has 0 saturated carbocycles. The van der Waals surface area contributed by atoms with Crippen molar-refractivity contribution in [3.05, 3.63) is 29.6 Å². The smallest absolute Gasteiger partial charge is 0.146 e. The highest BCUT2D eigenvalue weighted by molar-refractivity contribution is 5.58. The van der Waals surface area contributed by atoms with Gasteiger partial charge in [0.15, 0.2) is 0 Å². The highest BCUT2D eigenvalue weighted by atomic mass is 19.1. The SMILES string of the molecule is CCNCc1cccc(F)c1N1C2CCC1CC(O)C2. The molecule has 0 amide bonds. The summed E-state index contributed by atoms with van der Waals surface area (Å²) >= 11 is 0. The van der Waals surface area contributed by atoms with E-state index in [1.165, 1.54) is 0 Å². The van der Waals surface area contributed by atoms with Crippen LogP contribution in [0.1, 0.15) is 38.2 Å². The van der Waals surface area contributed by atoms with Gasteiger partial charge in [-0.05, 0) is 43.9 Å². The fraction of sp³-hybridized carbons (Fsp3) is 0.625. The summed E-state index contributed by atoms with van der Waals surface area (Å²) in [6.07, 6.45) is 3.46.